The fraction of sp³-hybridized carbons (Fsp3) is 0.154. The average Bonchev–Trinajstić information content (AvgIpc) is 2.46. The van der Waals surface area contributed by atoms with Crippen molar-refractivity contribution in [3.05, 3.63) is 49.8 Å². The molecule has 0 radical (unpaired) electrons. The molecule has 0 aliphatic carbocycles. The van der Waals surface area contributed by atoms with Crippen LogP contribution in [0.4, 0.5) is 5.82 Å². The number of nitrogens with zero attached hydrogens (tertiary/aromatic N) is 2. The Morgan fingerprint density at radius 2 is 1.91 bits per heavy atom. The Hall–Kier alpha value is -0.660. The zero-order chi connectivity index (χ0) is 16.1. The lowest BCUT2D eigenvalue weighted by Crippen LogP contribution is -2.30. The van der Waals surface area contributed by atoms with E-state index < -0.39 is 0 Å². The quantitative estimate of drug-likeness (QED) is 0.532. The minimum absolute atomic E-state index is 0.436. The monoisotopic (exact) mass is 438 g/mol. The smallest absolute Gasteiger partial charge is 0.172 e. The second kappa shape index (κ2) is 8.26. The van der Waals surface area contributed by atoms with E-state index in [2.05, 4.69) is 36.5 Å². The summed E-state index contributed by atoms with van der Waals surface area (Å²) in [4.78, 5) is 8.17. The lowest BCUT2D eigenvalue weighted by atomic mass is 10.1. The molecule has 2 N–H and O–H groups in total. The van der Waals surface area contributed by atoms with Crippen LogP contribution in [0.1, 0.15) is 5.56 Å². The highest BCUT2D eigenvalue weighted by atomic mass is 79.9. The van der Waals surface area contributed by atoms with E-state index in [1.807, 2.05) is 0 Å². The van der Waals surface area contributed by atoms with Gasteiger partial charge in [-0.3, -0.25) is 0 Å². The van der Waals surface area contributed by atoms with Gasteiger partial charge in [-0.25, -0.2) is 9.97 Å². The van der Waals surface area contributed by atoms with Crippen LogP contribution < -0.4 is 10.6 Å². The van der Waals surface area contributed by atoms with E-state index in [0.717, 1.165) is 5.56 Å². The topological polar surface area (TPSA) is 49.8 Å². The van der Waals surface area contributed by atoms with Crippen LogP contribution >= 0.6 is 63.0 Å². The molecule has 4 nitrogen and oxygen atoms in total. The molecule has 2 rings (SSSR count). The summed E-state index contributed by atoms with van der Waals surface area (Å²) in [5.74, 6) is 0.545. The van der Waals surface area contributed by atoms with E-state index >= 15 is 0 Å². The van der Waals surface area contributed by atoms with Gasteiger partial charge in [0.1, 0.15) is 4.60 Å². The highest BCUT2D eigenvalue weighted by molar-refractivity contribution is 9.10. The molecule has 0 spiro atoms. The molecular formula is C13H10BrCl3N4S. The van der Waals surface area contributed by atoms with E-state index in [1.165, 1.54) is 0 Å². The third-order valence-corrected chi connectivity index (χ3v) is 4.52. The summed E-state index contributed by atoms with van der Waals surface area (Å²) in [5.41, 5.74) is 0.857. The number of aromatic nitrogens is 2. The van der Waals surface area contributed by atoms with Crippen LogP contribution in [0.3, 0.4) is 0 Å². The lowest BCUT2D eigenvalue weighted by molar-refractivity contribution is 0.873. The van der Waals surface area contributed by atoms with E-state index in [-0.39, 0.29) is 0 Å². The molecule has 0 atom stereocenters. The summed E-state index contributed by atoms with van der Waals surface area (Å²) >= 11 is 26.6. The second-order valence-corrected chi connectivity index (χ2v) is 6.57. The van der Waals surface area contributed by atoms with E-state index in [4.69, 9.17) is 47.0 Å². The molecule has 22 heavy (non-hydrogen) atoms. The zero-order valence-electron chi connectivity index (χ0n) is 11.0. The fourth-order valence-electron chi connectivity index (χ4n) is 1.66. The van der Waals surface area contributed by atoms with Gasteiger partial charge in [-0.15, -0.1) is 0 Å². The molecular weight excluding hydrogens is 431 g/mol. The molecule has 2 aromatic rings. The van der Waals surface area contributed by atoms with Crippen molar-refractivity contribution in [1.29, 1.82) is 0 Å². The summed E-state index contributed by atoms with van der Waals surface area (Å²) < 4.78 is 0.587. The number of benzene rings is 1. The van der Waals surface area contributed by atoms with E-state index in [9.17, 15) is 0 Å². The number of halogens is 4. The predicted molar refractivity (Wildman–Crippen MR) is 99.1 cm³/mol. The van der Waals surface area contributed by atoms with Crippen molar-refractivity contribution in [1.82, 2.24) is 15.3 Å². The highest BCUT2D eigenvalue weighted by Crippen LogP contribution is 2.29. The van der Waals surface area contributed by atoms with Crippen molar-refractivity contribution in [2.24, 2.45) is 0 Å². The first-order chi connectivity index (χ1) is 10.5. The molecule has 9 heteroatoms. The molecule has 0 amide bonds. The first-order valence-corrected chi connectivity index (χ1v) is 8.45. The van der Waals surface area contributed by atoms with Crippen molar-refractivity contribution in [3.63, 3.8) is 0 Å². The van der Waals surface area contributed by atoms with Crippen LogP contribution in [0.5, 0.6) is 0 Å². The van der Waals surface area contributed by atoms with Crippen molar-refractivity contribution in [2.75, 3.05) is 11.9 Å². The third kappa shape index (κ3) is 4.93. The SMILES string of the molecule is S=C(NCCc1cc(Cl)cc(Cl)c1Cl)Nc1nccnc1Br. The first-order valence-electron chi connectivity index (χ1n) is 6.12. The Balaban J connectivity index is 1.89. The molecule has 0 saturated heterocycles. The van der Waals surface area contributed by atoms with Gasteiger partial charge in [0.25, 0.3) is 0 Å². The average molecular weight is 441 g/mol. The van der Waals surface area contributed by atoms with Crippen molar-refractivity contribution >= 4 is 73.9 Å². The van der Waals surface area contributed by atoms with Crippen molar-refractivity contribution < 1.29 is 0 Å². The molecule has 1 aromatic carbocycles. The molecule has 0 bridgehead atoms. The minimum atomic E-state index is 0.436. The van der Waals surface area contributed by atoms with Gasteiger partial charge in [0.15, 0.2) is 10.9 Å². The Morgan fingerprint density at radius 1 is 1.18 bits per heavy atom. The highest BCUT2D eigenvalue weighted by Gasteiger charge is 2.08. The predicted octanol–water partition coefficient (Wildman–Crippen LogP) is 4.73. The molecule has 0 fully saturated rings. The summed E-state index contributed by atoms with van der Waals surface area (Å²) in [6.45, 7) is 0.570. The van der Waals surface area contributed by atoms with E-state index in [0.29, 0.717) is 43.6 Å². The number of rotatable bonds is 4. The van der Waals surface area contributed by atoms with Gasteiger partial charge in [0, 0.05) is 24.0 Å². The zero-order valence-corrected chi connectivity index (χ0v) is 15.7. The number of hydrogen-bond donors (Lipinski definition) is 2. The lowest BCUT2D eigenvalue weighted by Gasteiger charge is -2.11. The van der Waals surface area contributed by atoms with Gasteiger partial charge < -0.3 is 10.6 Å². The van der Waals surface area contributed by atoms with Crippen molar-refractivity contribution in [3.8, 4) is 0 Å². The Bertz CT molecular complexity index is 699. The van der Waals surface area contributed by atoms with Gasteiger partial charge in [-0.2, -0.15) is 0 Å². The first kappa shape index (κ1) is 17.7. The summed E-state index contributed by atoms with van der Waals surface area (Å²) in [5, 5.41) is 7.94. The van der Waals surface area contributed by atoms with Gasteiger partial charge in [0.05, 0.1) is 10.0 Å². The van der Waals surface area contributed by atoms with E-state index in [1.54, 1.807) is 24.5 Å². The van der Waals surface area contributed by atoms with Gasteiger partial charge in [-0.05, 0) is 52.3 Å². The van der Waals surface area contributed by atoms with Crippen LogP contribution in [0.15, 0.2) is 29.1 Å². The maximum absolute atomic E-state index is 6.14. The minimum Gasteiger partial charge on any atom is -0.362 e. The molecule has 0 saturated carbocycles. The second-order valence-electron chi connectivity index (χ2n) is 4.19. The third-order valence-electron chi connectivity index (χ3n) is 2.63. The molecule has 1 heterocycles. The van der Waals surface area contributed by atoms with Gasteiger partial charge in [-0.1, -0.05) is 34.8 Å². The normalized spacial score (nSPS) is 10.4. The number of hydrogen-bond acceptors (Lipinski definition) is 3. The number of thiocarbonyl (C=S) groups is 1. The van der Waals surface area contributed by atoms with Crippen LogP contribution in [-0.4, -0.2) is 21.6 Å². The van der Waals surface area contributed by atoms with Crippen LogP contribution in [-0.2, 0) is 6.42 Å². The maximum atomic E-state index is 6.14. The largest absolute Gasteiger partial charge is 0.362 e. The molecule has 0 unspecified atom stereocenters. The number of nitrogens with one attached hydrogen (secondary N) is 2. The van der Waals surface area contributed by atoms with Crippen molar-refractivity contribution in [2.45, 2.75) is 6.42 Å². The Labute approximate surface area is 156 Å². The molecule has 1 aromatic heterocycles. The molecule has 0 aliphatic heterocycles. The van der Waals surface area contributed by atoms with Crippen LogP contribution in [0.2, 0.25) is 15.1 Å². The van der Waals surface area contributed by atoms with Gasteiger partial charge in [0.2, 0.25) is 0 Å². The fourth-order valence-corrected chi connectivity index (χ4v) is 2.92. The van der Waals surface area contributed by atoms with Gasteiger partial charge >= 0.3 is 0 Å². The maximum Gasteiger partial charge on any atom is 0.172 e. The summed E-state index contributed by atoms with van der Waals surface area (Å²) in [6, 6.07) is 3.40. The molecule has 0 aliphatic rings. The summed E-state index contributed by atoms with van der Waals surface area (Å²) in [7, 11) is 0. The summed E-state index contributed by atoms with van der Waals surface area (Å²) in [6.07, 6.45) is 3.78. The molecule has 116 valence electrons. The van der Waals surface area contributed by atoms with Crippen LogP contribution in [0.25, 0.3) is 0 Å². The Kier molecular flexibility index (Phi) is 6.65. The van der Waals surface area contributed by atoms with Crippen LogP contribution in [0, 0.1) is 0 Å². The Morgan fingerprint density at radius 3 is 2.64 bits per heavy atom. The number of anilines is 1. The standard InChI is InChI=1S/C13H10BrCl3N4S/c14-11-12(19-4-3-18-11)21-13(22)20-2-1-7-5-8(15)6-9(16)10(7)17/h3-6H,1-2H2,(H2,19,20,21,22).